The molecule has 9 nitrogen and oxygen atoms in total. The molecule has 1 aromatic heterocycles. The van der Waals surface area contributed by atoms with Crippen LogP contribution in [0.4, 0.5) is 5.00 Å². The fourth-order valence-electron chi connectivity index (χ4n) is 2.82. The van der Waals surface area contributed by atoms with Gasteiger partial charge < -0.3 is 25.3 Å². The molecular weight excluding hydrogens is 456 g/mol. The highest BCUT2D eigenvalue weighted by Gasteiger charge is 2.28. The van der Waals surface area contributed by atoms with Crippen molar-refractivity contribution in [2.24, 2.45) is 0 Å². The number of hydrogen-bond donors (Lipinski definition) is 2. The molecule has 1 aliphatic carbocycles. The van der Waals surface area contributed by atoms with E-state index in [1.165, 1.54) is 26.0 Å². The molecule has 0 spiro atoms. The number of rotatable bonds is 9. The van der Waals surface area contributed by atoms with Crippen LogP contribution in [0, 0.1) is 0 Å². The third-order valence-corrected chi connectivity index (χ3v) is 6.67. The first kappa shape index (κ1) is 23.6. The largest absolute Gasteiger partial charge is 0.465 e. The van der Waals surface area contributed by atoms with Gasteiger partial charge in [0, 0.05) is 16.5 Å². The van der Waals surface area contributed by atoms with Gasteiger partial charge in [-0.15, -0.1) is 23.1 Å². The zero-order valence-electron chi connectivity index (χ0n) is 17.5. The SMILES string of the molecule is COC(=O)c1sc(N)c(C(=O)OC)c1COC(=O)c1ccccc1SCC(=O)NC1CC1. The van der Waals surface area contributed by atoms with Gasteiger partial charge in [0.05, 0.1) is 25.5 Å². The molecule has 0 saturated heterocycles. The van der Waals surface area contributed by atoms with Gasteiger partial charge >= 0.3 is 17.9 Å². The van der Waals surface area contributed by atoms with Crippen molar-refractivity contribution in [3.8, 4) is 0 Å². The second-order valence-corrected chi connectivity index (χ2v) is 8.90. The lowest BCUT2D eigenvalue weighted by molar-refractivity contribution is -0.118. The topological polar surface area (TPSA) is 134 Å². The summed E-state index contributed by atoms with van der Waals surface area (Å²) in [5.41, 5.74) is 6.23. The average molecular weight is 479 g/mol. The minimum Gasteiger partial charge on any atom is -0.465 e. The lowest BCUT2D eigenvalue weighted by Gasteiger charge is -2.11. The van der Waals surface area contributed by atoms with Crippen LogP contribution in [0.15, 0.2) is 29.2 Å². The highest BCUT2D eigenvalue weighted by molar-refractivity contribution is 8.00. The van der Waals surface area contributed by atoms with Crippen LogP contribution in [0.1, 0.15) is 48.8 Å². The molecule has 1 heterocycles. The van der Waals surface area contributed by atoms with Crippen LogP contribution >= 0.6 is 23.1 Å². The number of carbonyl (C=O) groups is 4. The Morgan fingerprint density at radius 2 is 1.78 bits per heavy atom. The quantitative estimate of drug-likeness (QED) is 0.317. The van der Waals surface area contributed by atoms with Crippen LogP contribution in [0.3, 0.4) is 0 Å². The van der Waals surface area contributed by atoms with Crippen LogP contribution in [0.5, 0.6) is 0 Å². The van der Waals surface area contributed by atoms with E-state index in [0.717, 1.165) is 24.2 Å². The second kappa shape index (κ2) is 10.5. The third kappa shape index (κ3) is 5.60. The summed E-state index contributed by atoms with van der Waals surface area (Å²) in [5.74, 6) is -2.06. The molecule has 0 atom stereocenters. The van der Waals surface area contributed by atoms with Crippen molar-refractivity contribution >= 4 is 51.9 Å². The predicted octanol–water partition coefficient (Wildman–Crippen LogP) is 2.63. The highest BCUT2D eigenvalue weighted by Crippen LogP contribution is 2.33. The van der Waals surface area contributed by atoms with E-state index in [-0.39, 0.29) is 50.9 Å². The van der Waals surface area contributed by atoms with Crippen LogP contribution in [-0.4, -0.2) is 49.8 Å². The van der Waals surface area contributed by atoms with Gasteiger partial charge in [0.2, 0.25) is 5.91 Å². The first-order chi connectivity index (χ1) is 15.3. The lowest BCUT2D eigenvalue weighted by atomic mass is 10.1. The summed E-state index contributed by atoms with van der Waals surface area (Å²) in [6, 6.07) is 6.98. The summed E-state index contributed by atoms with van der Waals surface area (Å²) in [6.45, 7) is -0.386. The van der Waals surface area contributed by atoms with E-state index in [9.17, 15) is 19.2 Å². The molecule has 11 heteroatoms. The first-order valence-electron chi connectivity index (χ1n) is 9.61. The summed E-state index contributed by atoms with van der Waals surface area (Å²) in [5, 5.41) is 2.95. The molecule has 3 rings (SSSR count). The Labute approximate surface area is 192 Å². The zero-order valence-corrected chi connectivity index (χ0v) is 19.1. The fraction of sp³-hybridized carbons (Fsp3) is 0.333. The van der Waals surface area contributed by atoms with E-state index < -0.39 is 17.9 Å². The Morgan fingerprint density at radius 3 is 2.44 bits per heavy atom. The highest BCUT2D eigenvalue weighted by atomic mass is 32.2. The van der Waals surface area contributed by atoms with Crippen molar-refractivity contribution < 1.29 is 33.4 Å². The van der Waals surface area contributed by atoms with Gasteiger partial charge in [-0.2, -0.15) is 0 Å². The maximum Gasteiger partial charge on any atom is 0.348 e. The third-order valence-electron chi connectivity index (χ3n) is 4.55. The molecule has 170 valence electrons. The number of carbonyl (C=O) groups excluding carboxylic acids is 4. The van der Waals surface area contributed by atoms with E-state index in [4.69, 9.17) is 19.9 Å². The normalized spacial score (nSPS) is 12.7. The van der Waals surface area contributed by atoms with Crippen LogP contribution in [-0.2, 0) is 25.6 Å². The van der Waals surface area contributed by atoms with Gasteiger partial charge in [-0.25, -0.2) is 14.4 Å². The molecule has 0 aliphatic heterocycles. The molecule has 2 aromatic rings. The molecule has 1 fully saturated rings. The zero-order chi connectivity index (χ0) is 23.3. The number of nitrogens with two attached hydrogens (primary N) is 1. The number of thioether (sulfide) groups is 1. The van der Waals surface area contributed by atoms with E-state index in [2.05, 4.69) is 5.32 Å². The molecular formula is C21H22N2O7S2. The van der Waals surface area contributed by atoms with Crippen molar-refractivity contribution in [2.75, 3.05) is 25.7 Å². The standard InChI is InChI=1S/C21H22N2O7S2/c1-28-20(26)16-13(17(21(27)29-2)32-18(16)22)9-30-19(25)12-5-3-4-6-14(12)31-10-15(24)23-11-7-8-11/h3-6,11H,7-10,22H2,1-2H3,(H,23,24). The average Bonchev–Trinajstić information content (AvgIpc) is 3.55. The number of esters is 3. The second-order valence-electron chi connectivity index (χ2n) is 6.83. The summed E-state index contributed by atoms with van der Waals surface area (Å²) in [4.78, 5) is 49.6. The number of nitrogen functional groups attached to an aromatic ring is 1. The number of thiophene rings is 1. The van der Waals surface area contributed by atoms with Gasteiger partial charge in [0.25, 0.3) is 0 Å². The van der Waals surface area contributed by atoms with Gasteiger partial charge in [-0.3, -0.25) is 4.79 Å². The Balaban J connectivity index is 1.75. The number of ether oxygens (including phenoxy) is 3. The number of nitrogens with one attached hydrogen (secondary N) is 1. The predicted molar refractivity (Wildman–Crippen MR) is 119 cm³/mol. The Bertz CT molecular complexity index is 1050. The Hall–Kier alpha value is -3.05. The number of amides is 1. The molecule has 0 bridgehead atoms. The van der Waals surface area contributed by atoms with Gasteiger partial charge in [0.1, 0.15) is 22.0 Å². The maximum absolute atomic E-state index is 12.8. The molecule has 3 N–H and O–H groups in total. The molecule has 32 heavy (non-hydrogen) atoms. The van der Waals surface area contributed by atoms with Crippen molar-refractivity contribution in [1.82, 2.24) is 5.32 Å². The lowest BCUT2D eigenvalue weighted by Crippen LogP contribution is -2.27. The number of methoxy groups -OCH3 is 2. The summed E-state index contributed by atoms with van der Waals surface area (Å²) in [6.07, 6.45) is 1.99. The molecule has 0 radical (unpaired) electrons. The summed E-state index contributed by atoms with van der Waals surface area (Å²) in [7, 11) is 2.37. The van der Waals surface area contributed by atoms with Gasteiger partial charge in [-0.05, 0) is 25.0 Å². The van der Waals surface area contributed by atoms with Gasteiger partial charge in [0.15, 0.2) is 0 Å². The maximum atomic E-state index is 12.8. The molecule has 0 unspecified atom stereocenters. The Morgan fingerprint density at radius 1 is 1.09 bits per heavy atom. The Kier molecular flexibility index (Phi) is 7.75. The van der Waals surface area contributed by atoms with Crippen molar-refractivity contribution in [3.05, 3.63) is 45.8 Å². The minimum absolute atomic E-state index is 0.0369. The number of anilines is 1. The minimum atomic E-state index is -0.752. The molecule has 1 amide bonds. The van der Waals surface area contributed by atoms with E-state index in [1.807, 2.05) is 0 Å². The van der Waals surface area contributed by atoms with Crippen molar-refractivity contribution in [2.45, 2.75) is 30.4 Å². The number of hydrogen-bond acceptors (Lipinski definition) is 10. The molecule has 1 aromatic carbocycles. The summed E-state index contributed by atoms with van der Waals surface area (Å²) >= 11 is 2.08. The fourth-order valence-corrected chi connectivity index (χ4v) is 4.65. The molecule has 1 saturated carbocycles. The van der Waals surface area contributed by atoms with Crippen LogP contribution in [0.2, 0.25) is 0 Å². The number of benzene rings is 1. The van der Waals surface area contributed by atoms with Crippen LogP contribution < -0.4 is 11.1 Å². The summed E-state index contributed by atoms with van der Waals surface area (Å²) < 4.78 is 14.9. The van der Waals surface area contributed by atoms with Crippen LogP contribution in [0.25, 0.3) is 0 Å². The van der Waals surface area contributed by atoms with E-state index >= 15 is 0 Å². The first-order valence-corrected chi connectivity index (χ1v) is 11.4. The monoisotopic (exact) mass is 478 g/mol. The van der Waals surface area contributed by atoms with E-state index in [0.29, 0.717) is 4.90 Å². The van der Waals surface area contributed by atoms with Crippen molar-refractivity contribution in [3.63, 3.8) is 0 Å². The van der Waals surface area contributed by atoms with Crippen molar-refractivity contribution in [1.29, 1.82) is 0 Å². The molecule has 1 aliphatic rings. The van der Waals surface area contributed by atoms with Gasteiger partial charge in [-0.1, -0.05) is 12.1 Å². The smallest absolute Gasteiger partial charge is 0.348 e. The van der Waals surface area contributed by atoms with E-state index in [1.54, 1.807) is 24.3 Å².